The lowest BCUT2D eigenvalue weighted by molar-refractivity contribution is -0.142. The molecular formula is C22H42N10O5S. The number of hydrogen-bond acceptors (Lipinski definition) is 8. The van der Waals surface area contributed by atoms with Gasteiger partial charge in [-0.2, -0.15) is 11.8 Å². The number of aliphatic carboxylic acids is 1. The van der Waals surface area contributed by atoms with Gasteiger partial charge in [-0.3, -0.25) is 24.4 Å². The second-order valence-electron chi connectivity index (χ2n) is 8.85. The Labute approximate surface area is 226 Å². The van der Waals surface area contributed by atoms with Crippen molar-refractivity contribution in [3.05, 3.63) is 0 Å². The number of carboxylic acids is 1. The molecule has 1 saturated heterocycles. The minimum absolute atomic E-state index is 0.0784. The van der Waals surface area contributed by atoms with Crippen LogP contribution in [-0.2, 0) is 19.2 Å². The monoisotopic (exact) mass is 558 g/mol. The smallest absolute Gasteiger partial charge is 0.326 e. The van der Waals surface area contributed by atoms with Gasteiger partial charge in [-0.15, -0.1) is 0 Å². The molecule has 4 atom stereocenters. The van der Waals surface area contributed by atoms with E-state index in [1.807, 2.05) is 6.26 Å². The number of nitrogens with one attached hydrogen (secondary N) is 4. The fraction of sp³-hybridized carbons (Fsp3) is 0.727. The topological polar surface area (TPSA) is 265 Å². The molecule has 13 N–H and O–H groups in total. The number of aliphatic imine (C=N–C) groups is 2. The summed E-state index contributed by atoms with van der Waals surface area (Å²) in [6, 6.07) is -3.52. The molecule has 0 spiro atoms. The summed E-state index contributed by atoms with van der Waals surface area (Å²) in [7, 11) is 0. The van der Waals surface area contributed by atoms with Gasteiger partial charge in [0.2, 0.25) is 17.7 Å². The second-order valence-corrected chi connectivity index (χ2v) is 9.84. The minimum Gasteiger partial charge on any atom is -0.480 e. The maximum atomic E-state index is 13.2. The Hall–Kier alpha value is -3.27. The summed E-state index contributed by atoms with van der Waals surface area (Å²) < 4.78 is 0. The first-order chi connectivity index (χ1) is 18.0. The predicted molar refractivity (Wildman–Crippen MR) is 147 cm³/mol. The van der Waals surface area contributed by atoms with Crippen LogP contribution in [-0.4, -0.2) is 96.5 Å². The van der Waals surface area contributed by atoms with Crippen molar-refractivity contribution in [2.45, 2.75) is 69.1 Å². The van der Waals surface area contributed by atoms with Crippen LogP contribution < -0.4 is 44.2 Å². The highest BCUT2D eigenvalue weighted by molar-refractivity contribution is 7.98. The average molecular weight is 559 g/mol. The highest BCUT2D eigenvalue weighted by atomic mass is 32.2. The molecule has 0 aliphatic carbocycles. The number of hydrogen-bond donors (Lipinski definition) is 9. The van der Waals surface area contributed by atoms with Crippen molar-refractivity contribution in [1.82, 2.24) is 21.3 Å². The summed E-state index contributed by atoms with van der Waals surface area (Å²) in [6.45, 7) is 1.19. The highest BCUT2D eigenvalue weighted by Crippen LogP contribution is 2.09. The van der Waals surface area contributed by atoms with E-state index in [0.717, 1.165) is 6.42 Å². The maximum absolute atomic E-state index is 13.2. The fourth-order valence-corrected chi connectivity index (χ4v) is 4.23. The Morgan fingerprint density at radius 3 is 1.89 bits per heavy atom. The average Bonchev–Trinajstić information content (AvgIpc) is 3.40. The number of amides is 3. The number of carbonyl (C=O) groups is 4. The van der Waals surface area contributed by atoms with E-state index in [1.54, 1.807) is 0 Å². The number of thioether (sulfide) groups is 1. The molecule has 1 aliphatic heterocycles. The molecule has 1 heterocycles. The lowest BCUT2D eigenvalue weighted by atomic mass is 10.1. The Balaban J connectivity index is 2.90. The largest absolute Gasteiger partial charge is 0.480 e. The Morgan fingerprint density at radius 1 is 0.895 bits per heavy atom. The van der Waals surface area contributed by atoms with Crippen LogP contribution in [0.15, 0.2) is 9.98 Å². The zero-order chi connectivity index (χ0) is 28.5. The number of nitrogens with two attached hydrogens (primary N) is 4. The third-order valence-electron chi connectivity index (χ3n) is 5.76. The lowest BCUT2D eigenvalue weighted by Gasteiger charge is -2.25. The van der Waals surface area contributed by atoms with E-state index in [4.69, 9.17) is 22.9 Å². The SMILES string of the molecule is CSCCC(NC(=O)C(CCCN=C(N)N)NC(=O)C1CCCN1)C(=O)NC(CCCN=C(N)N)C(=O)O. The zero-order valence-electron chi connectivity index (χ0n) is 21.8. The van der Waals surface area contributed by atoms with E-state index >= 15 is 0 Å². The van der Waals surface area contributed by atoms with Crippen LogP contribution in [0, 0.1) is 0 Å². The van der Waals surface area contributed by atoms with Gasteiger partial charge in [0, 0.05) is 13.1 Å². The van der Waals surface area contributed by atoms with Crippen LogP contribution in [0.5, 0.6) is 0 Å². The van der Waals surface area contributed by atoms with Gasteiger partial charge < -0.3 is 49.3 Å². The van der Waals surface area contributed by atoms with Crippen LogP contribution >= 0.6 is 11.8 Å². The molecule has 1 rings (SSSR count). The first-order valence-electron chi connectivity index (χ1n) is 12.5. The van der Waals surface area contributed by atoms with Crippen molar-refractivity contribution >= 4 is 47.4 Å². The molecule has 15 nitrogen and oxygen atoms in total. The van der Waals surface area contributed by atoms with Gasteiger partial charge in [-0.25, -0.2) is 4.79 Å². The number of rotatable bonds is 18. The number of nitrogens with zero attached hydrogens (tertiary/aromatic N) is 2. The van der Waals surface area contributed by atoms with Crippen LogP contribution in [0.2, 0.25) is 0 Å². The molecule has 216 valence electrons. The van der Waals surface area contributed by atoms with Crippen molar-refractivity contribution in [3.63, 3.8) is 0 Å². The normalized spacial score (nSPS) is 16.9. The van der Waals surface area contributed by atoms with Crippen LogP contribution in [0.4, 0.5) is 0 Å². The standard InChI is InChI=1S/C22H42N10O5S/c1-38-12-8-15(19(35)32-16(20(36)37)7-4-11-29-22(25)26)31-18(34)14(6-3-10-28-21(23)24)30-17(33)13-5-2-9-27-13/h13-16,27H,2-12H2,1H3,(H,30,33)(H,31,34)(H,32,35)(H,36,37)(H4,23,24,28)(H4,25,26,29). The van der Waals surface area contributed by atoms with E-state index in [1.165, 1.54) is 11.8 Å². The molecule has 0 aromatic heterocycles. The van der Waals surface area contributed by atoms with Crippen LogP contribution in [0.1, 0.15) is 44.9 Å². The molecule has 38 heavy (non-hydrogen) atoms. The maximum Gasteiger partial charge on any atom is 0.326 e. The van der Waals surface area contributed by atoms with E-state index in [9.17, 15) is 24.3 Å². The van der Waals surface area contributed by atoms with Gasteiger partial charge in [0.1, 0.15) is 18.1 Å². The van der Waals surface area contributed by atoms with Gasteiger partial charge in [-0.1, -0.05) is 0 Å². The third kappa shape index (κ3) is 13.3. The molecule has 0 bridgehead atoms. The quantitative estimate of drug-likeness (QED) is 0.0469. The Morgan fingerprint density at radius 2 is 1.42 bits per heavy atom. The van der Waals surface area contributed by atoms with Gasteiger partial charge in [0.25, 0.3) is 0 Å². The summed E-state index contributed by atoms with van der Waals surface area (Å²) in [5.41, 5.74) is 21.3. The molecule has 0 radical (unpaired) electrons. The first kappa shape index (κ1) is 32.8. The van der Waals surface area contributed by atoms with Crippen molar-refractivity contribution < 1.29 is 24.3 Å². The Kier molecular flexibility index (Phi) is 15.6. The van der Waals surface area contributed by atoms with E-state index in [-0.39, 0.29) is 50.2 Å². The molecule has 4 unspecified atom stereocenters. The summed E-state index contributed by atoms with van der Waals surface area (Å²) in [4.78, 5) is 58.3. The van der Waals surface area contributed by atoms with Crippen LogP contribution in [0.25, 0.3) is 0 Å². The third-order valence-corrected chi connectivity index (χ3v) is 6.40. The fourth-order valence-electron chi connectivity index (χ4n) is 3.76. The van der Waals surface area contributed by atoms with E-state index in [0.29, 0.717) is 31.6 Å². The molecular weight excluding hydrogens is 516 g/mol. The van der Waals surface area contributed by atoms with Gasteiger partial charge >= 0.3 is 5.97 Å². The van der Waals surface area contributed by atoms with Crippen molar-refractivity contribution in [1.29, 1.82) is 0 Å². The van der Waals surface area contributed by atoms with Crippen LogP contribution in [0.3, 0.4) is 0 Å². The minimum atomic E-state index is -1.22. The summed E-state index contributed by atoms with van der Waals surface area (Å²) in [5, 5.41) is 20.6. The predicted octanol–water partition coefficient (Wildman–Crippen LogP) is -2.86. The lowest BCUT2D eigenvalue weighted by Crippen LogP contribution is -2.57. The Bertz CT molecular complexity index is 842. The molecule has 16 heteroatoms. The van der Waals surface area contributed by atoms with Gasteiger partial charge in [0.15, 0.2) is 11.9 Å². The summed E-state index contributed by atoms with van der Waals surface area (Å²) in [5.74, 6) is -2.36. The van der Waals surface area contributed by atoms with Gasteiger partial charge in [0.05, 0.1) is 6.04 Å². The number of carbonyl (C=O) groups excluding carboxylic acids is 3. The van der Waals surface area contributed by atoms with E-state index < -0.39 is 42.0 Å². The summed E-state index contributed by atoms with van der Waals surface area (Å²) >= 11 is 1.47. The van der Waals surface area contributed by atoms with Gasteiger partial charge in [-0.05, 0) is 63.5 Å². The molecule has 3 amide bonds. The molecule has 0 saturated carbocycles. The number of guanidine groups is 2. The van der Waals surface area contributed by atoms with Crippen molar-refractivity contribution in [2.24, 2.45) is 32.9 Å². The summed E-state index contributed by atoms with van der Waals surface area (Å²) in [6.07, 6.45) is 4.70. The number of carboxylic acid groups (broad SMARTS) is 1. The molecule has 0 aromatic rings. The van der Waals surface area contributed by atoms with Crippen molar-refractivity contribution in [3.8, 4) is 0 Å². The van der Waals surface area contributed by atoms with E-state index in [2.05, 4.69) is 31.3 Å². The second kappa shape index (κ2) is 18.1. The first-order valence-corrected chi connectivity index (χ1v) is 13.9. The zero-order valence-corrected chi connectivity index (χ0v) is 22.6. The molecule has 0 aromatic carbocycles. The molecule has 1 aliphatic rings. The molecule has 1 fully saturated rings. The van der Waals surface area contributed by atoms with Crippen molar-refractivity contribution in [2.75, 3.05) is 31.6 Å². The highest BCUT2D eigenvalue weighted by Gasteiger charge is 2.31.